The average Bonchev–Trinajstić information content (AvgIpc) is 3.59. The molecule has 0 saturated heterocycles. The number of hydrogen-bond acceptors (Lipinski definition) is 2. The molecule has 0 aliphatic heterocycles. The predicted molar refractivity (Wildman–Crippen MR) is 283 cm³/mol. The molecule has 2 heterocycles. The summed E-state index contributed by atoms with van der Waals surface area (Å²) in [4.78, 5) is 10.0. The van der Waals surface area contributed by atoms with E-state index < -0.39 is 0 Å². The highest BCUT2D eigenvalue weighted by Crippen LogP contribution is 2.55. The molecule has 0 N–H and O–H groups in total. The Labute approximate surface area is 391 Å². The summed E-state index contributed by atoms with van der Waals surface area (Å²) in [7, 11) is 0. The van der Waals surface area contributed by atoms with E-state index in [9.17, 15) is 0 Å². The highest BCUT2D eigenvalue weighted by Gasteiger charge is 2.42. The molecule has 0 radical (unpaired) electrons. The van der Waals surface area contributed by atoms with Crippen LogP contribution in [0.3, 0.4) is 0 Å². The van der Waals surface area contributed by atoms with Gasteiger partial charge in [-0.2, -0.15) is 0 Å². The summed E-state index contributed by atoms with van der Waals surface area (Å²) in [6, 6.07) is 45.0. The molecular weight excluding hydrogens is 785 g/mol. The van der Waals surface area contributed by atoms with E-state index in [0.29, 0.717) is 0 Å². The molecule has 0 unspecified atom stereocenters. The van der Waals surface area contributed by atoms with Gasteiger partial charge < -0.3 is 0 Å². The molecule has 0 fully saturated rings. The Morgan fingerprint density at radius 3 is 1.48 bits per heavy atom. The summed E-state index contributed by atoms with van der Waals surface area (Å²) < 4.78 is 0. The smallest absolute Gasteiger partial charge is 0.0709 e. The highest BCUT2D eigenvalue weighted by molar-refractivity contribution is 5.89. The van der Waals surface area contributed by atoms with E-state index in [2.05, 4.69) is 173 Å². The van der Waals surface area contributed by atoms with Gasteiger partial charge in [-0.25, -0.2) is 9.97 Å². The fourth-order valence-electron chi connectivity index (χ4n) is 10.6. The maximum absolute atomic E-state index is 5.03. The average molecular weight is 857 g/mol. The van der Waals surface area contributed by atoms with Gasteiger partial charge in [0.1, 0.15) is 0 Å². The minimum absolute atomic E-state index is 0.0112. The summed E-state index contributed by atoms with van der Waals surface area (Å²) in [5, 5.41) is 2.32. The predicted octanol–water partition coefficient (Wildman–Crippen LogP) is 18.7. The number of aryl methyl sites for hydroxylation is 2. The fraction of sp³-hybridized carbons (Fsp3) is 0.365. The summed E-state index contributed by atoms with van der Waals surface area (Å²) in [5.41, 5.74) is 17.6. The van der Waals surface area contributed by atoms with Crippen molar-refractivity contribution in [2.24, 2.45) is 0 Å². The van der Waals surface area contributed by atoms with Crippen molar-refractivity contribution < 1.29 is 0 Å². The molecule has 0 spiro atoms. The SMILES string of the molecule is CCCCCCCCCCC1(CCCCCCCCCC)c2cc(C)ccc2-c2ccc(-c3cc(/C=C/c4ccc5ccccc5n4)c(C)cc3/C=C/c3ccc4ccccc4n3)cc21. The number of para-hydroxylation sites is 2. The van der Waals surface area contributed by atoms with Crippen molar-refractivity contribution >= 4 is 46.1 Å². The van der Waals surface area contributed by atoms with Crippen LogP contribution in [-0.2, 0) is 5.41 Å². The summed E-state index contributed by atoms with van der Waals surface area (Å²) >= 11 is 0. The minimum Gasteiger partial charge on any atom is -0.248 e. The second-order valence-electron chi connectivity index (χ2n) is 19.2. The molecule has 8 rings (SSSR count). The molecule has 0 amide bonds. The second kappa shape index (κ2) is 22.5. The van der Waals surface area contributed by atoms with E-state index in [1.807, 2.05) is 0 Å². The third-order valence-corrected chi connectivity index (χ3v) is 14.3. The third kappa shape index (κ3) is 11.3. The highest BCUT2D eigenvalue weighted by atomic mass is 14.7. The van der Waals surface area contributed by atoms with Crippen molar-refractivity contribution in [1.29, 1.82) is 0 Å². The molecule has 0 saturated carbocycles. The van der Waals surface area contributed by atoms with Crippen LogP contribution in [0.1, 0.15) is 174 Å². The Balaban J connectivity index is 1.18. The number of pyridine rings is 2. The van der Waals surface area contributed by atoms with Crippen molar-refractivity contribution in [3.8, 4) is 22.3 Å². The lowest BCUT2D eigenvalue weighted by atomic mass is 9.70. The van der Waals surface area contributed by atoms with Gasteiger partial charge in [-0.15, -0.1) is 0 Å². The van der Waals surface area contributed by atoms with Crippen LogP contribution >= 0.6 is 0 Å². The monoisotopic (exact) mass is 857 g/mol. The van der Waals surface area contributed by atoms with Gasteiger partial charge in [0, 0.05) is 16.2 Å². The Morgan fingerprint density at radius 2 is 0.908 bits per heavy atom. The largest absolute Gasteiger partial charge is 0.248 e. The van der Waals surface area contributed by atoms with E-state index in [0.717, 1.165) is 33.2 Å². The van der Waals surface area contributed by atoms with Gasteiger partial charge in [-0.3, -0.25) is 0 Å². The third-order valence-electron chi connectivity index (χ3n) is 14.3. The number of fused-ring (bicyclic) bond motifs is 5. The van der Waals surface area contributed by atoms with Crippen LogP contribution in [0.15, 0.2) is 121 Å². The minimum atomic E-state index is 0.0112. The first-order valence-corrected chi connectivity index (χ1v) is 25.4. The zero-order valence-electron chi connectivity index (χ0n) is 40.0. The normalized spacial score (nSPS) is 13.1. The molecule has 65 heavy (non-hydrogen) atoms. The maximum atomic E-state index is 5.03. The summed E-state index contributed by atoms with van der Waals surface area (Å²) in [5.74, 6) is 0. The number of aromatic nitrogens is 2. The first-order chi connectivity index (χ1) is 32.0. The van der Waals surface area contributed by atoms with Gasteiger partial charge in [0.15, 0.2) is 0 Å². The zero-order chi connectivity index (χ0) is 44.9. The molecule has 1 aliphatic rings. The van der Waals surface area contributed by atoms with Crippen LogP contribution in [0.25, 0.3) is 68.4 Å². The van der Waals surface area contributed by atoms with E-state index in [1.54, 1.807) is 11.1 Å². The summed E-state index contributed by atoms with van der Waals surface area (Å²) in [6.07, 6.45) is 32.9. The van der Waals surface area contributed by atoms with E-state index in [1.165, 1.54) is 160 Å². The molecular formula is C63H72N2. The molecule has 5 aromatic carbocycles. The quantitative estimate of drug-likeness (QED) is 0.0599. The maximum Gasteiger partial charge on any atom is 0.0709 e. The number of unbranched alkanes of at least 4 members (excludes halogenated alkanes) is 14. The topological polar surface area (TPSA) is 25.8 Å². The van der Waals surface area contributed by atoms with Crippen molar-refractivity contribution in [2.45, 2.75) is 149 Å². The lowest BCUT2D eigenvalue weighted by molar-refractivity contribution is 0.397. The van der Waals surface area contributed by atoms with E-state index in [4.69, 9.17) is 9.97 Å². The van der Waals surface area contributed by atoms with Crippen molar-refractivity contribution in [3.05, 3.63) is 166 Å². The zero-order valence-corrected chi connectivity index (χ0v) is 40.0. The Bertz CT molecular complexity index is 2710. The Hall–Kier alpha value is -5.60. The van der Waals surface area contributed by atoms with E-state index >= 15 is 0 Å². The van der Waals surface area contributed by atoms with Crippen LogP contribution < -0.4 is 0 Å². The molecule has 7 aromatic rings. The van der Waals surface area contributed by atoms with Crippen LogP contribution in [0, 0.1) is 13.8 Å². The molecule has 0 atom stereocenters. The van der Waals surface area contributed by atoms with Gasteiger partial charge in [0.2, 0.25) is 0 Å². The number of nitrogens with zero attached hydrogens (tertiary/aromatic N) is 2. The van der Waals surface area contributed by atoms with Crippen LogP contribution in [0.5, 0.6) is 0 Å². The van der Waals surface area contributed by atoms with Gasteiger partial charge in [0.05, 0.1) is 22.4 Å². The Morgan fingerprint density at radius 1 is 0.415 bits per heavy atom. The molecule has 334 valence electrons. The number of benzene rings is 5. The standard InChI is InChI=1S/C63H72N2/c1-5-7-9-11-13-15-17-23-41-63(42-24-18-16-14-12-10-8-6-2)59-43-47(3)29-39-56(59)57-40-34-53(46-60(57)63)58-45-51(32-37-54-35-30-49-25-19-21-27-61(49)64-54)48(4)44-52(58)33-38-55-36-31-50-26-20-22-28-62(50)65-55/h19-22,25-40,43-46H,5-18,23-24,41-42H2,1-4H3/b37-32+,38-33+. The van der Waals surface area contributed by atoms with Gasteiger partial charge in [0.25, 0.3) is 0 Å². The van der Waals surface area contributed by atoms with Crippen molar-refractivity contribution in [1.82, 2.24) is 9.97 Å². The molecule has 1 aliphatic carbocycles. The van der Waals surface area contributed by atoms with Crippen molar-refractivity contribution in [2.75, 3.05) is 0 Å². The second-order valence-corrected chi connectivity index (χ2v) is 19.2. The van der Waals surface area contributed by atoms with Gasteiger partial charge in [-0.05, 0) is 125 Å². The van der Waals surface area contributed by atoms with Crippen LogP contribution in [0.4, 0.5) is 0 Å². The summed E-state index contributed by atoms with van der Waals surface area (Å²) in [6.45, 7) is 9.17. The van der Waals surface area contributed by atoms with Gasteiger partial charge in [-0.1, -0.05) is 219 Å². The number of hydrogen-bond donors (Lipinski definition) is 0. The van der Waals surface area contributed by atoms with E-state index in [-0.39, 0.29) is 5.41 Å². The lowest BCUT2D eigenvalue weighted by Crippen LogP contribution is -2.25. The Kier molecular flexibility index (Phi) is 15.9. The van der Waals surface area contributed by atoms with Gasteiger partial charge >= 0.3 is 0 Å². The lowest BCUT2D eigenvalue weighted by Gasteiger charge is -2.33. The first kappa shape index (κ1) is 45.9. The molecule has 2 heteroatoms. The first-order valence-electron chi connectivity index (χ1n) is 25.4. The fourth-order valence-corrected chi connectivity index (χ4v) is 10.6. The van der Waals surface area contributed by atoms with Crippen LogP contribution in [0.2, 0.25) is 0 Å². The number of rotatable bonds is 23. The van der Waals surface area contributed by atoms with Crippen LogP contribution in [-0.4, -0.2) is 9.97 Å². The van der Waals surface area contributed by atoms with Crippen molar-refractivity contribution in [3.63, 3.8) is 0 Å². The molecule has 2 aromatic heterocycles. The molecule has 0 bridgehead atoms. The molecule has 2 nitrogen and oxygen atoms in total.